The Morgan fingerprint density at radius 1 is 1.05 bits per heavy atom. The molecule has 2 atom stereocenters. The smallest absolute Gasteiger partial charge is 0.216 e. The third-order valence-electron chi connectivity index (χ3n) is 5.23. The summed E-state index contributed by atoms with van der Waals surface area (Å²) in [5, 5.41) is 3.56. The van der Waals surface area contributed by atoms with Gasteiger partial charge in [-0.3, -0.25) is 0 Å². The van der Waals surface area contributed by atoms with Crippen molar-refractivity contribution in [2.75, 3.05) is 32.0 Å². The van der Waals surface area contributed by atoms with E-state index in [0.29, 0.717) is 25.0 Å². The molecule has 0 bridgehead atoms. The molecule has 6 heteroatoms. The average Bonchev–Trinajstić information content (AvgIpc) is 3.02. The topological polar surface area (TPSA) is 58.6 Å². The van der Waals surface area contributed by atoms with Gasteiger partial charge in [-0.25, -0.2) is 12.7 Å². The molecular weight excluding hydrogens is 288 g/mol. The fourth-order valence-corrected chi connectivity index (χ4v) is 5.66. The first-order chi connectivity index (χ1) is 10.1. The molecule has 3 aliphatic rings. The Bertz CT molecular complexity index is 420. The molecule has 21 heavy (non-hydrogen) atoms. The second-order valence-electron chi connectivity index (χ2n) is 6.71. The molecule has 2 unspecified atom stereocenters. The lowest BCUT2D eigenvalue weighted by Crippen LogP contribution is -2.45. The third kappa shape index (κ3) is 3.97. The Labute approximate surface area is 128 Å². The summed E-state index contributed by atoms with van der Waals surface area (Å²) in [7, 11) is -3.14. The molecule has 1 N–H and O–H groups in total. The van der Waals surface area contributed by atoms with Crippen molar-refractivity contribution in [1.29, 1.82) is 0 Å². The van der Waals surface area contributed by atoms with Gasteiger partial charge in [0.15, 0.2) is 0 Å². The normalized spacial score (nSPS) is 33.3. The monoisotopic (exact) mass is 316 g/mol. The van der Waals surface area contributed by atoms with Crippen LogP contribution in [0.4, 0.5) is 0 Å². The van der Waals surface area contributed by atoms with E-state index >= 15 is 0 Å². The largest absolute Gasteiger partial charge is 0.377 e. The predicted molar refractivity (Wildman–Crippen MR) is 82.7 cm³/mol. The van der Waals surface area contributed by atoms with Crippen molar-refractivity contribution in [3.05, 3.63) is 0 Å². The second-order valence-corrected chi connectivity index (χ2v) is 8.72. The maximum Gasteiger partial charge on any atom is 0.216 e. The molecule has 3 aliphatic heterocycles. The van der Waals surface area contributed by atoms with E-state index in [9.17, 15) is 8.42 Å². The zero-order valence-electron chi connectivity index (χ0n) is 12.8. The zero-order chi connectivity index (χ0) is 14.7. The predicted octanol–water partition coefficient (Wildman–Crippen LogP) is 1.35. The molecule has 0 aromatic heterocycles. The summed E-state index contributed by atoms with van der Waals surface area (Å²) in [5.41, 5.74) is 0. The number of rotatable bonds is 4. The van der Waals surface area contributed by atoms with Gasteiger partial charge in [0, 0.05) is 25.7 Å². The summed E-state index contributed by atoms with van der Waals surface area (Å²) in [6.45, 7) is 3.23. The molecule has 5 nitrogen and oxygen atoms in total. The van der Waals surface area contributed by atoms with Gasteiger partial charge in [-0.05, 0) is 57.4 Å². The Kier molecular flexibility index (Phi) is 5.19. The summed E-state index contributed by atoms with van der Waals surface area (Å²) in [6, 6.07) is 0.622. The Morgan fingerprint density at radius 3 is 2.48 bits per heavy atom. The Morgan fingerprint density at radius 2 is 1.86 bits per heavy atom. The lowest BCUT2D eigenvalue weighted by atomic mass is 9.89. The van der Waals surface area contributed by atoms with Crippen LogP contribution in [0.15, 0.2) is 0 Å². The Balaban J connectivity index is 1.50. The minimum Gasteiger partial charge on any atom is -0.377 e. The second kappa shape index (κ2) is 6.94. The maximum atomic E-state index is 12.5. The van der Waals surface area contributed by atoms with Crippen molar-refractivity contribution in [3.63, 3.8) is 0 Å². The fourth-order valence-electron chi connectivity index (χ4n) is 3.95. The number of ether oxygens (including phenoxy) is 1. The number of piperidine rings is 1. The average molecular weight is 316 g/mol. The van der Waals surface area contributed by atoms with Crippen LogP contribution in [0.5, 0.6) is 0 Å². The summed E-state index contributed by atoms with van der Waals surface area (Å²) in [5.74, 6) is 0.837. The SMILES string of the molecule is O=S(=O)(CC1CCCCO1)N1CCC(C2CCCN2)CC1. The summed E-state index contributed by atoms with van der Waals surface area (Å²) >= 11 is 0. The standard InChI is InChI=1S/C15H28N2O3S/c18-21(19,12-14-4-1-2-11-20-14)17-9-6-13(7-10-17)15-5-3-8-16-15/h13-16H,1-12H2. The van der Waals surface area contributed by atoms with Crippen LogP contribution < -0.4 is 5.32 Å². The van der Waals surface area contributed by atoms with Crippen molar-refractivity contribution in [2.24, 2.45) is 5.92 Å². The van der Waals surface area contributed by atoms with Gasteiger partial charge in [0.1, 0.15) is 0 Å². The van der Waals surface area contributed by atoms with Gasteiger partial charge >= 0.3 is 0 Å². The van der Waals surface area contributed by atoms with Crippen LogP contribution >= 0.6 is 0 Å². The van der Waals surface area contributed by atoms with Crippen molar-refractivity contribution in [2.45, 2.75) is 57.1 Å². The molecule has 122 valence electrons. The molecule has 0 amide bonds. The minimum atomic E-state index is -3.14. The first-order valence-electron chi connectivity index (χ1n) is 8.48. The van der Waals surface area contributed by atoms with Crippen LogP contribution in [-0.4, -0.2) is 56.9 Å². The zero-order valence-corrected chi connectivity index (χ0v) is 13.6. The highest BCUT2D eigenvalue weighted by Gasteiger charge is 2.34. The van der Waals surface area contributed by atoms with Crippen LogP contribution in [0.1, 0.15) is 44.9 Å². The van der Waals surface area contributed by atoms with Crippen LogP contribution in [-0.2, 0) is 14.8 Å². The van der Waals surface area contributed by atoms with Gasteiger partial charge in [0.2, 0.25) is 10.0 Å². The van der Waals surface area contributed by atoms with Crippen LogP contribution in [0.2, 0.25) is 0 Å². The van der Waals surface area contributed by atoms with E-state index in [1.807, 2.05) is 0 Å². The van der Waals surface area contributed by atoms with Crippen molar-refractivity contribution in [3.8, 4) is 0 Å². The lowest BCUT2D eigenvalue weighted by Gasteiger charge is -2.35. The van der Waals surface area contributed by atoms with E-state index in [1.54, 1.807) is 4.31 Å². The third-order valence-corrected chi connectivity index (χ3v) is 7.17. The van der Waals surface area contributed by atoms with Gasteiger partial charge in [0.05, 0.1) is 11.9 Å². The number of nitrogens with one attached hydrogen (secondary N) is 1. The summed E-state index contributed by atoms with van der Waals surface area (Å²) < 4.78 is 32.3. The molecule has 3 fully saturated rings. The van der Waals surface area contributed by atoms with E-state index in [-0.39, 0.29) is 11.9 Å². The maximum absolute atomic E-state index is 12.5. The van der Waals surface area contributed by atoms with Crippen LogP contribution in [0.25, 0.3) is 0 Å². The summed E-state index contributed by atoms with van der Waals surface area (Å²) in [6.07, 6.45) is 7.49. The Hall–Kier alpha value is -0.170. The van der Waals surface area contributed by atoms with Crippen molar-refractivity contribution in [1.82, 2.24) is 9.62 Å². The van der Waals surface area contributed by atoms with E-state index in [0.717, 1.165) is 45.3 Å². The molecule has 0 radical (unpaired) electrons. The molecule has 0 saturated carbocycles. The van der Waals surface area contributed by atoms with E-state index in [1.165, 1.54) is 12.8 Å². The minimum absolute atomic E-state index is 0.0852. The van der Waals surface area contributed by atoms with Crippen LogP contribution in [0.3, 0.4) is 0 Å². The number of hydrogen-bond donors (Lipinski definition) is 1. The quantitative estimate of drug-likeness (QED) is 0.850. The van der Waals surface area contributed by atoms with Crippen LogP contribution in [0, 0.1) is 5.92 Å². The van der Waals surface area contributed by atoms with E-state index in [4.69, 9.17) is 4.74 Å². The van der Waals surface area contributed by atoms with Gasteiger partial charge < -0.3 is 10.1 Å². The van der Waals surface area contributed by atoms with Gasteiger partial charge in [-0.1, -0.05) is 0 Å². The van der Waals surface area contributed by atoms with Gasteiger partial charge in [-0.2, -0.15) is 0 Å². The molecule has 3 heterocycles. The molecule has 0 aromatic rings. The number of sulfonamides is 1. The first-order valence-corrected chi connectivity index (χ1v) is 10.1. The highest BCUT2D eigenvalue weighted by molar-refractivity contribution is 7.89. The summed E-state index contributed by atoms with van der Waals surface area (Å²) in [4.78, 5) is 0. The fraction of sp³-hybridized carbons (Fsp3) is 1.00. The lowest BCUT2D eigenvalue weighted by molar-refractivity contribution is 0.0297. The van der Waals surface area contributed by atoms with E-state index < -0.39 is 10.0 Å². The highest BCUT2D eigenvalue weighted by atomic mass is 32.2. The first kappa shape index (κ1) is 15.7. The van der Waals surface area contributed by atoms with E-state index in [2.05, 4.69) is 5.32 Å². The molecule has 3 saturated heterocycles. The number of hydrogen-bond acceptors (Lipinski definition) is 4. The highest BCUT2D eigenvalue weighted by Crippen LogP contribution is 2.27. The van der Waals surface area contributed by atoms with Crippen molar-refractivity contribution >= 4 is 10.0 Å². The molecule has 0 spiro atoms. The molecular formula is C15H28N2O3S. The van der Waals surface area contributed by atoms with Gasteiger partial charge in [0.25, 0.3) is 0 Å². The molecule has 3 rings (SSSR count). The number of nitrogens with zero attached hydrogens (tertiary/aromatic N) is 1. The molecule has 0 aliphatic carbocycles. The molecule has 0 aromatic carbocycles. The van der Waals surface area contributed by atoms with Gasteiger partial charge in [-0.15, -0.1) is 0 Å². The van der Waals surface area contributed by atoms with Crippen molar-refractivity contribution < 1.29 is 13.2 Å².